The zero-order valence-electron chi connectivity index (χ0n) is 13.2. The van der Waals surface area contributed by atoms with Crippen molar-refractivity contribution >= 4 is 23.3 Å². The normalized spacial score (nSPS) is 19.7. The zero-order valence-corrected chi connectivity index (χ0v) is 14.0. The molecule has 22 heavy (non-hydrogen) atoms. The first-order valence-corrected chi connectivity index (χ1v) is 7.88. The Bertz CT molecular complexity index is 548. The van der Waals surface area contributed by atoms with E-state index < -0.39 is 6.10 Å². The number of urea groups is 1. The summed E-state index contributed by atoms with van der Waals surface area (Å²) < 4.78 is 5.27. The molecule has 1 fully saturated rings. The molecule has 2 N–H and O–H groups in total. The molecule has 0 bridgehead atoms. The Hall–Kier alpha value is -1.46. The van der Waals surface area contributed by atoms with Crippen molar-refractivity contribution in [2.45, 2.75) is 32.8 Å². The summed E-state index contributed by atoms with van der Waals surface area (Å²) in [6, 6.07) is 3.32. The number of rotatable bonds is 3. The number of likely N-dealkylation sites (tertiary alicyclic amines) is 1. The van der Waals surface area contributed by atoms with E-state index in [1.54, 1.807) is 31.1 Å². The third-order valence-corrected chi connectivity index (χ3v) is 4.56. The lowest BCUT2D eigenvalue weighted by atomic mass is 9.94. The SMILES string of the molecule is COc1cc(Cl)c(C)cc1NC(=O)N1CCCC(C(C)O)C1. The number of methoxy groups -OCH3 is 1. The van der Waals surface area contributed by atoms with Gasteiger partial charge in [0, 0.05) is 30.1 Å². The molecule has 2 amide bonds. The number of hydrogen-bond acceptors (Lipinski definition) is 3. The van der Waals surface area contributed by atoms with Gasteiger partial charge in [-0.3, -0.25) is 0 Å². The van der Waals surface area contributed by atoms with Gasteiger partial charge in [-0.05, 0) is 38.3 Å². The van der Waals surface area contributed by atoms with Crippen LogP contribution in [0.5, 0.6) is 5.75 Å². The van der Waals surface area contributed by atoms with Crippen molar-refractivity contribution in [3.05, 3.63) is 22.7 Å². The fourth-order valence-corrected chi connectivity index (χ4v) is 2.87. The van der Waals surface area contributed by atoms with Gasteiger partial charge < -0.3 is 20.1 Å². The Morgan fingerprint density at radius 1 is 1.55 bits per heavy atom. The molecule has 2 unspecified atom stereocenters. The smallest absolute Gasteiger partial charge is 0.321 e. The summed E-state index contributed by atoms with van der Waals surface area (Å²) in [5.41, 5.74) is 1.48. The maximum Gasteiger partial charge on any atom is 0.321 e. The van der Waals surface area contributed by atoms with Gasteiger partial charge in [0.05, 0.1) is 18.9 Å². The molecular weight excluding hydrogens is 304 g/mol. The summed E-state index contributed by atoms with van der Waals surface area (Å²) in [5, 5.41) is 13.2. The van der Waals surface area contributed by atoms with Crippen molar-refractivity contribution in [1.82, 2.24) is 4.90 Å². The maximum absolute atomic E-state index is 12.4. The third-order valence-electron chi connectivity index (χ3n) is 4.15. The molecule has 0 saturated carbocycles. The Balaban J connectivity index is 2.10. The number of aliphatic hydroxyl groups excluding tert-OH is 1. The van der Waals surface area contributed by atoms with E-state index in [9.17, 15) is 9.90 Å². The van der Waals surface area contributed by atoms with Gasteiger partial charge in [-0.2, -0.15) is 0 Å². The molecule has 1 heterocycles. The number of anilines is 1. The monoisotopic (exact) mass is 326 g/mol. The standard InChI is InChI=1S/C16H23ClN2O3/c1-10-7-14(15(22-3)8-13(10)17)18-16(21)19-6-4-5-12(9-19)11(2)20/h7-8,11-12,20H,4-6,9H2,1-3H3,(H,18,21). The van der Waals surface area contributed by atoms with Crippen LogP contribution in [0.4, 0.5) is 10.5 Å². The predicted molar refractivity (Wildman–Crippen MR) is 87.7 cm³/mol. The second-order valence-corrected chi connectivity index (χ2v) is 6.23. The second-order valence-electron chi connectivity index (χ2n) is 5.82. The van der Waals surface area contributed by atoms with Gasteiger partial charge in [0.1, 0.15) is 5.75 Å². The zero-order chi connectivity index (χ0) is 16.3. The highest BCUT2D eigenvalue weighted by molar-refractivity contribution is 6.31. The number of amides is 2. The molecular formula is C16H23ClN2O3. The van der Waals surface area contributed by atoms with Crippen molar-refractivity contribution in [2.75, 3.05) is 25.5 Å². The second kappa shape index (κ2) is 7.20. The average molecular weight is 327 g/mol. The van der Waals surface area contributed by atoms with E-state index >= 15 is 0 Å². The molecule has 122 valence electrons. The lowest BCUT2D eigenvalue weighted by Gasteiger charge is -2.34. The molecule has 1 aliphatic rings. The minimum atomic E-state index is -0.400. The van der Waals surface area contributed by atoms with Crippen molar-refractivity contribution in [3.8, 4) is 5.75 Å². The van der Waals surface area contributed by atoms with E-state index in [1.165, 1.54) is 0 Å². The molecule has 0 radical (unpaired) electrons. The van der Waals surface area contributed by atoms with Gasteiger partial charge in [0.25, 0.3) is 0 Å². The molecule has 6 heteroatoms. The van der Waals surface area contributed by atoms with Crippen molar-refractivity contribution in [2.24, 2.45) is 5.92 Å². The van der Waals surface area contributed by atoms with Crippen LogP contribution in [-0.4, -0.2) is 42.3 Å². The molecule has 1 aromatic rings. The van der Waals surface area contributed by atoms with Gasteiger partial charge in [-0.1, -0.05) is 11.6 Å². The average Bonchev–Trinajstić information content (AvgIpc) is 2.50. The number of aryl methyl sites for hydroxylation is 1. The van der Waals surface area contributed by atoms with Crippen LogP contribution in [0.2, 0.25) is 5.02 Å². The van der Waals surface area contributed by atoms with E-state index in [4.69, 9.17) is 16.3 Å². The molecule has 0 aromatic heterocycles. The van der Waals surface area contributed by atoms with Crippen LogP contribution in [0, 0.1) is 12.8 Å². The van der Waals surface area contributed by atoms with E-state index in [2.05, 4.69) is 5.32 Å². The molecule has 0 aliphatic carbocycles. The Morgan fingerprint density at radius 3 is 2.91 bits per heavy atom. The summed E-state index contributed by atoms with van der Waals surface area (Å²) in [7, 11) is 1.54. The number of ether oxygens (including phenoxy) is 1. The van der Waals surface area contributed by atoms with E-state index in [1.807, 2.05) is 6.92 Å². The molecule has 1 aromatic carbocycles. The van der Waals surface area contributed by atoms with E-state index in [0.717, 1.165) is 18.4 Å². The van der Waals surface area contributed by atoms with Crippen LogP contribution in [0.1, 0.15) is 25.3 Å². The van der Waals surface area contributed by atoms with Crippen molar-refractivity contribution in [1.29, 1.82) is 0 Å². The van der Waals surface area contributed by atoms with Crippen molar-refractivity contribution < 1.29 is 14.6 Å². The van der Waals surface area contributed by atoms with Gasteiger partial charge in [-0.25, -0.2) is 4.79 Å². The molecule has 2 atom stereocenters. The lowest BCUT2D eigenvalue weighted by Crippen LogP contribution is -2.44. The highest BCUT2D eigenvalue weighted by atomic mass is 35.5. The minimum absolute atomic E-state index is 0.133. The van der Waals surface area contributed by atoms with Gasteiger partial charge >= 0.3 is 6.03 Å². The summed E-state index contributed by atoms with van der Waals surface area (Å²) >= 11 is 6.07. The number of nitrogens with one attached hydrogen (secondary N) is 1. The predicted octanol–water partition coefficient (Wildman–Crippen LogP) is 3.28. The van der Waals surface area contributed by atoms with Crippen LogP contribution in [-0.2, 0) is 0 Å². The Morgan fingerprint density at radius 2 is 2.27 bits per heavy atom. The third kappa shape index (κ3) is 3.84. The van der Waals surface area contributed by atoms with Crippen molar-refractivity contribution in [3.63, 3.8) is 0 Å². The number of carbonyl (C=O) groups excluding carboxylic acids is 1. The number of carbonyl (C=O) groups is 1. The lowest BCUT2D eigenvalue weighted by molar-refractivity contribution is 0.0766. The fourth-order valence-electron chi connectivity index (χ4n) is 2.71. The fraction of sp³-hybridized carbons (Fsp3) is 0.562. The minimum Gasteiger partial charge on any atom is -0.495 e. The number of aliphatic hydroxyl groups is 1. The van der Waals surface area contributed by atoms with Gasteiger partial charge in [0.15, 0.2) is 0 Å². The molecule has 1 saturated heterocycles. The van der Waals surface area contributed by atoms with E-state index in [0.29, 0.717) is 29.5 Å². The summed E-state index contributed by atoms with van der Waals surface area (Å²) in [6.07, 6.45) is 1.45. The highest BCUT2D eigenvalue weighted by Gasteiger charge is 2.27. The first kappa shape index (κ1) is 16.9. The number of hydrogen-bond donors (Lipinski definition) is 2. The topological polar surface area (TPSA) is 61.8 Å². The van der Waals surface area contributed by atoms with Gasteiger partial charge in [-0.15, -0.1) is 0 Å². The Kier molecular flexibility index (Phi) is 5.53. The van der Waals surface area contributed by atoms with Crippen LogP contribution in [0.25, 0.3) is 0 Å². The van der Waals surface area contributed by atoms with Gasteiger partial charge in [0.2, 0.25) is 0 Å². The van der Waals surface area contributed by atoms with Crippen LogP contribution in [0.15, 0.2) is 12.1 Å². The number of nitrogens with zero attached hydrogens (tertiary/aromatic N) is 1. The molecule has 0 spiro atoms. The largest absolute Gasteiger partial charge is 0.495 e. The molecule has 2 rings (SSSR count). The summed E-state index contributed by atoms with van der Waals surface area (Å²) in [4.78, 5) is 14.2. The van der Waals surface area contributed by atoms with Crippen LogP contribution < -0.4 is 10.1 Å². The Labute approximate surface area is 136 Å². The number of benzene rings is 1. The van der Waals surface area contributed by atoms with E-state index in [-0.39, 0.29) is 11.9 Å². The van der Waals surface area contributed by atoms with Crippen LogP contribution >= 0.6 is 11.6 Å². The molecule has 1 aliphatic heterocycles. The van der Waals surface area contributed by atoms with Crippen LogP contribution in [0.3, 0.4) is 0 Å². The first-order valence-electron chi connectivity index (χ1n) is 7.50. The molecule has 5 nitrogen and oxygen atoms in total. The summed E-state index contributed by atoms with van der Waals surface area (Å²) in [6.45, 7) is 4.92. The summed E-state index contributed by atoms with van der Waals surface area (Å²) in [5.74, 6) is 0.668. The maximum atomic E-state index is 12.4. The quantitative estimate of drug-likeness (QED) is 0.896. The number of halogens is 1. The number of piperidine rings is 1. The highest BCUT2D eigenvalue weighted by Crippen LogP contribution is 2.31. The first-order chi connectivity index (χ1) is 10.4.